The van der Waals surface area contributed by atoms with Crippen LogP contribution in [0.3, 0.4) is 0 Å². The van der Waals surface area contributed by atoms with Gasteiger partial charge in [0.15, 0.2) is 0 Å². The van der Waals surface area contributed by atoms with Crippen molar-refractivity contribution in [3.63, 3.8) is 0 Å². The number of nitrogen functional groups attached to an aromatic ring is 1. The molecule has 1 aromatic heterocycles. The van der Waals surface area contributed by atoms with Crippen LogP contribution in [0.4, 0.5) is 17.1 Å². The van der Waals surface area contributed by atoms with Crippen LogP contribution in [0.15, 0.2) is 30.3 Å². The number of nitriles is 1. The van der Waals surface area contributed by atoms with E-state index in [-0.39, 0.29) is 0 Å². The van der Waals surface area contributed by atoms with Crippen LogP contribution in [0.25, 0.3) is 10.9 Å². The summed E-state index contributed by atoms with van der Waals surface area (Å²) >= 11 is 0. The Morgan fingerprint density at radius 1 is 1.15 bits per heavy atom. The van der Waals surface area contributed by atoms with E-state index in [9.17, 15) is 5.26 Å². The van der Waals surface area contributed by atoms with E-state index in [1.807, 2.05) is 51.1 Å². The second-order valence-corrected chi connectivity index (χ2v) is 8.59. The number of benzene rings is 2. The smallest absolute Gasteiger partial charge is 0.144 e. The lowest BCUT2D eigenvalue weighted by Crippen LogP contribution is -2.21. The molecule has 4 rings (SSSR count). The zero-order valence-electron chi connectivity index (χ0n) is 20.1. The molecule has 3 aromatic rings. The molecule has 1 aliphatic rings. The minimum absolute atomic E-state index is 0.514. The molecule has 7 nitrogen and oxygen atoms in total. The molecule has 1 saturated heterocycles. The van der Waals surface area contributed by atoms with Gasteiger partial charge in [-0.05, 0) is 68.9 Å². The number of pyridine rings is 1. The molecule has 34 heavy (non-hydrogen) atoms. The predicted molar refractivity (Wildman–Crippen MR) is 135 cm³/mol. The molecule has 7 heteroatoms. The Bertz CT molecular complexity index is 1210. The second kappa shape index (κ2) is 10.6. The summed E-state index contributed by atoms with van der Waals surface area (Å²) in [6, 6.07) is 12.0. The highest BCUT2D eigenvalue weighted by Crippen LogP contribution is 2.37. The van der Waals surface area contributed by atoms with Crippen molar-refractivity contribution in [2.24, 2.45) is 5.92 Å². The fourth-order valence-corrected chi connectivity index (χ4v) is 4.30. The summed E-state index contributed by atoms with van der Waals surface area (Å²) in [5.41, 5.74) is 11.4. The third-order valence-corrected chi connectivity index (χ3v) is 6.20. The third kappa shape index (κ3) is 5.02. The molecule has 2 heterocycles. The molecular weight excluding hydrogens is 428 g/mol. The minimum Gasteiger partial charge on any atom is -0.493 e. The molecule has 3 N–H and O–H groups in total. The van der Waals surface area contributed by atoms with E-state index in [2.05, 4.69) is 11.4 Å². The first-order chi connectivity index (χ1) is 16.5. The summed E-state index contributed by atoms with van der Waals surface area (Å²) < 4.78 is 17.2. The normalized spacial score (nSPS) is 14.1. The average Bonchev–Trinajstić information content (AvgIpc) is 2.85. The van der Waals surface area contributed by atoms with Crippen molar-refractivity contribution < 1.29 is 14.2 Å². The SMILES string of the molecule is CCOc1cc2nc(CC)c(C#N)c(Nc3ccc(OCC4CCOCC4)c(C)c3)c2cc1N. The van der Waals surface area contributed by atoms with Crippen LogP contribution in [0, 0.1) is 24.2 Å². The Hall–Kier alpha value is -3.50. The summed E-state index contributed by atoms with van der Waals surface area (Å²) in [4.78, 5) is 4.72. The maximum absolute atomic E-state index is 9.95. The van der Waals surface area contributed by atoms with Gasteiger partial charge in [-0.2, -0.15) is 5.26 Å². The van der Waals surface area contributed by atoms with Crippen LogP contribution < -0.4 is 20.5 Å². The number of anilines is 3. The Labute approximate surface area is 200 Å². The zero-order valence-corrected chi connectivity index (χ0v) is 20.1. The highest BCUT2D eigenvalue weighted by Gasteiger charge is 2.18. The summed E-state index contributed by atoms with van der Waals surface area (Å²) in [5.74, 6) is 2.01. The van der Waals surface area contributed by atoms with Crippen molar-refractivity contribution in [3.05, 3.63) is 47.2 Å². The van der Waals surface area contributed by atoms with Gasteiger partial charge >= 0.3 is 0 Å². The molecule has 1 aliphatic heterocycles. The molecule has 0 amide bonds. The van der Waals surface area contributed by atoms with Crippen molar-refractivity contribution >= 4 is 28.0 Å². The highest BCUT2D eigenvalue weighted by atomic mass is 16.5. The summed E-state index contributed by atoms with van der Waals surface area (Å²) in [6.45, 7) is 8.78. The molecule has 2 aromatic carbocycles. The van der Waals surface area contributed by atoms with E-state index < -0.39 is 0 Å². The Balaban J connectivity index is 1.65. The van der Waals surface area contributed by atoms with Gasteiger partial charge in [0.2, 0.25) is 0 Å². The maximum Gasteiger partial charge on any atom is 0.144 e. The van der Waals surface area contributed by atoms with E-state index >= 15 is 0 Å². The molecule has 0 atom stereocenters. The van der Waals surface area contributed by atoms with Crippen LogP contribution in [-0.2, 0) is 11.2 Å². The van der Waals surface area contributed by atoms with Crippen molar-refractivity contribution in [1.82, 2.24) is 4.98 Å². The largest absolute Gasteiger partial charge is 0.493 e. The molecule has 0 radical (unpaired) electrons. The van der Waals surface area contributed by atoms with Crippen LogP contribution in [0.1, 0.15) is 43.5 Å². The molecule has 0 bridgehead atoms. The van der Waals surface area contributed by atoms with Gasteiger partial charge in [0.1, 0.15) is 17.6 Å². The molecule has 0 unspecified atom stereocenters. The number of aryl methyl sites for hydroxylation is 2. The van der Waals surface area contributed by atoms with Gasteiger partial charge in [0, 0.05) is 30.4 Å². The molecule has 1 fully saturated rings. The number of hydrogen-bond acceptors (Lipinski definition) is 7. The van der Waals surface area contributed by atoms with Gasteiger partial charge < -0.3 is 25.3 Å². The first-order valence-electron chi connectivity index (χ1n) is 11.9. The number of fused-ring (bicyclic) bond motifs is 1. The van der Waals surface area contributed by atoms with Gasteiger partial charge in [-0.1, -0.05) is 6.92 Å². The lowest BCUT2D eigenvalue weighted by Gasteiger charge is -2.22. The van der Waals surface area contributed by atoms with E-state index in [0.717, 1.165) is 59.7 Å². The standard InChI is InChI=1S/C27H32N4O3/c1-4-23-21(15-28)27(20-13-22(29)26(33-5-2)14-24(20)31-23)30-19-6-7-25(17(3)12-19)34-16-18-8-10-32-11-9-18/h6-7,12-14,18H,4-5,8-11,16,29H2,1-3H3,(H,30,31). The Morgan fingerprint density at radius 3 is 2.62 bits per heavy atom. The van der Waals surface area contributed by atoms with Gasteiger partial charge in [0.05, 0.1) is 41.4 Å². The van der Waals surface area contributed by atoms with E-state index in [4.69, 9.17) is 24.9 Å². The molecule has 0 aliphatic carbocycles. The molecule has 0 saturated carbocycles. The minimum atomic E-state index is 0.514. The van der Waals surface area contributed by atoms with Crippen LogP contribution in [-0.4, -0.2) is 31.4 Å². The number of ether oxygens (including phenoxy) is 3. The topological polar surface area (TPSA) is 102 Å². The van der Waals surface area contributed by atoms with E-state index in [1.165, 1.54) is 0 Å². The van der Waals surface area contributed by atoms with Crippen molar-refractivity contribution in [3.8, 4) is 17.6 Å². The second-order valence-electron chi connectivity index (χ2n) is 8.59. The number of rotatable bonds is 8. The average molecular weight is 461 g/mol. The summed E-state index contributed by atoms with van der Waals surface area (Å²) in [6.07, 6.45) is 2.72. The Kier molecular flexibility index (Phi) is 7.39. The lowest BCUT2D eigenvalue weighted by molar-refractivity contribution is 0.0496. The zero-order chi connectivity index (χ0) is 24.1. The van der Waals surface area contributed by atoms with E-state index in [0.29, 0.717) is 48.2 Å². The van der Waals surface area contributed by atoms with Crippen LogP contribution in [0.2, 0.25) is 0 Å². The lowest BCUT2D eigenvalue weighted by atomic mass is 10.0. The number of hydrogen-bond donors (Lipinski definition) is 2. The van der Waals surface area contributed by atoms with Crippen molar-refractivity contribution in [1.29, 1.82) is 5.26 Å². The highest BCUT2D eigenvalue weighted by molar-refractivity contribution is 5.99. The van der Waals surface area contributed by atoms with Gasteiger partial charge in [0.25, 0.3) is 0 Å². The number of nitrogens with two attached hydrogens (primary N) is 1. The van der Waals surface area contributed by atoms with Gasteiger partial charge in [-0.15, -0.1) is 0 Å². The first-order valence-corrected chi connectivity index (χ1v) is 11.9. The number of aromatic nitrogens is 1. The van der Waals surface area contributed by atoms with Crippen LogP contribution >= 0.6 is 0 Å². The molecule has 0 spiro atoms. The van der Waals surface area contributed by atoms with Gasteiger partial charge in [-0.25, -0.2) is 0 Å². The van der Waals surface area contributed by atoms with E-state index in [1.54, 1.807) is 0 Å². The summed E-state index contributed by atoms with van der Waals surface area (Å²) in [5, 5.41) is 14.2. The van der Waals surface area contributed by atoms with Crippen molar-refractivity contribution in [2.45, 2.75) is 40.0 Å². The summed E-state index contributed by atoms with van der Waals surface area (Å²) in [7, 11) is 0. The first kappa shape index (κ1) is 23.7. The number of nitrogens with one attached hydrogen (secondary N) is 1. The monoisotopic (exact) mass is 460 g/mol. The predicted octanol–water partition coefficient (Wildman–Crippen LogP) is 5.51. The van der Waals surface area contributed by atoms with Gasteiger partial charge in [-0.3, -0.25) is 4.98 Å². The fraction of sp³-hybridized carbons (Fsp3) is 0.407. The van der Waals surface area contributed by atoms with Crippen molar-refractivity contribution in [2.75, 3.05) is 37.5 Å². The number of nitrogens with zero attached hydrogens (tertiary/aromatic N) is 2. The molecule has 178 valence electrons. The molecular formula is C27H32N4O3. The Morgan fingerprint density at radius 2 is 1.94 bits per heavy atom. The maximum atomic E-state index is 9.95. The quantitative estimate of drug-likeness (QED) is 0.427. The van der Waals surface area contributed by atoms with Crippen LogP contribution in [0.5, 0.6) is 11.5 Å². The third-order valence-electron chi connectivity index (χ3n) is 6.20. The fourth-order valence-electron chi connectivity index (χ4n) is 4.30.